The van der Waals surface area contributed by atoms with Crippen molar-refractivity contribution >= 4 is 17.6 Å². The molecule has 2 N–H and O–H groups in total. The lowest BCUT2D eigenvalue weighted by Crippen LogP contribution is -2.26. The minimum atomic E-state index is -1.14. The molecule has 0 aromatic heterocycles. The van der Waals surface area contributed by atoms with Crippen LogP contribution in [0.2, 0.25) is 0 Å². The van der Waals surface area contributed by atoms with Gasteiger partial charge >= 0.3 is 5.97 Å². The van der Waals surface area contributed by atoms with Crippen molar-refractivity contribution in [1.82, 2.24) is 0 Å². The van der Waals surface area contributed by atoms with Gasteiger partial charge in [0.2, 0.25) is 5.91 Å². The predicted octanol–water partition coefficient (Wildman–Crippen LogP) is 2.90. The highest BCUT2D eigenvalue weighted by molar-refractivity contribution is 5.95. The van der Waals surface area contributed by atoms with Crippen LogP contribution in [0.15, 0.2) is 18.2 Å². The average Bonchev–Trinajstić information content (AvgIpc) is 3.25. The molecule has 1 aromatic rings. The molecule has 1 amide bonds. The van der Waals surface area contributed by atoms with Gasteiger partial charge in [0, 0.05) is 5.92 Å². The highest BCUT2D eigenvalue weighted by Gasteiger charge is 2.45. The number of hydrogen-bond donors (Lipinski definition) is 2. The second-order valence-electron chi connectivity index (χ2n) is 5.69. The molecule has 2 fully saturated rings. The van der Waals surface area contributed by atoms with Gasteiger partial charge in [-0.1, -0.05) is 0 Å². The molecule has 1 aromatic carbocycles. The number of benzene rings is 1. The first-order valence-electron chi connectivity index (χ1n) is 6.90. The topological polar surface area (TPSA) is 66.4 Å². The summed E-state index contributed by atoms with van der Waals surface area (Å²) in [5, 5.41) is 11.5. The lowest BCUT2D eigenvalue weighted by atomic mass is 9.97. The molecule has 0 bridgehead atoms. The van der Waals surface area contributed by atoms with Crippen LogP contribution in [0.5, 0.6) is 0 Å². The third-order valence-electron chi connectivity index (χ3n) is 4.03. The molecule has 0 unspecified atom stereocenters. The maximum absolute atomic E-state index is 13.7. The van der Waals surface area contributed by atoms with Crippen LogP contribution in [0, 0.1) is 23.6 Å². The van der Waals surface area contributed by atoms with Crippen LogP contribution in [-0.2, 0) is 4.79 Å². The van der Waals surface area contributed by atoms with Gasteiger partial charge in [-0.05, 0) is 55.7 Å². The molecule has 106 valence electrons. The summed E-state index contributed by atoms with van der Waals surface area (Å²) in [7, 11) is 0. The van der Waals surface area contributed by atoms with Gasteiger partial charge in [0.1, 0.15) is 5.82 Å². The van der Waals surface area contributed by atoms with Crippen molar-refractivity contribution in [3.05, 3.63) is 29.6 Å². The molecule has 0 spiro atoms. The molecule has 0 aliphatic heterocycles. The minimum Gasteiger partial charge on any atom is -0.478 e. The summed E-state index contributed by atoms with van der Waals surface area (Å²) in [6.45, 7) is 0. The van der Waals surface area contributed by atoms with E-state index in [0.29, 0.717) is 11.8 Å². The third-order valence-corrected chi connectivity index (χ3v) is 4.03. The molecule has 2 saturated carbocycles. The zero-order valence-corrected chi connectivity index (χ0v) is 10.9. The summed E-state index contributed by atoms with van der Waals surface area (Å²) in [5.74, 6) is -1.10. The standard InChI is InChI=1S/C15H16FNO3/c16-11-6-5-10(15(19)20)7-12(11)17-14(18)13(8-1-2-8)9-3-4-9/h5-9,13H,1-4H2,(H,17,18)(H,19,20). The van der Waals surface area contributed by atoms with E-state index in [-0.39, 0.29) is 23.1 Å². The summed E-state index contributed by atoms with van der Waals surface area (Å²) in [5.41, 5.74) is -0.0720. The summed E-state index contributed by atoms with van der Waals surface area (Å²) >= 11 is 0. The lowest BCUT2D eigenvalue weighted by Gasteiger charge is -2.16. The number of carbonyl (C=O) groups excluding carboxylic acids is 1. The monoisotopic (exact) mass is 277 g/mol. The van der Waals surface area contributed by atoms with E-state index in [4.69, 9.17) is 5.11 Å². The summed E-state index contributed by atoms with van der Waals surface area (Å²) in [4.78, 5) is 23.2. The van der Waals surface area contributed by atoms with Gasteiger partial charge in [0.05, 0.1) is 11.3 Å². The van der Waals surface area contributed by atoms with Crippen LogP contribution in [0.4, 0.5) is 10.1 Å². The van der Waals surface area contributed by atoms with Gasteiger partial charge in [-0.2, -0.15) is 0 Å². The van der Waals surface area contributed by atoms with E-state index < -0.39 is 11.8 Å². The third kappa shape index (κ3) is 2.66. The van der Waals surface area contributed by atoms with Gasteiger partial charge in [-0.3, -0.25) is 4.79 Å². The number of carbonyl (C=O) groups is 2. The Morgan fingerprint density at radius 1 is 1.20 bits per heavy atom. The first kappa shape index (κ1) is 13.1. The van der Waals surface area contributed by atoms with E-state index in [1.54, 1.807) is 0 Å². The second-order valence-corrected chi connectivity index (χ2v) is 5.69. The molecule has 2 aliphatic rings. The molecule has 0 saturated heterocycles. The van der Waals surface area contributed by atoms with Gasteiger partial charge in [0.15, 0.2) is 0 Å². The second kappa shape index (κ2) is 4.89. The van der Waals surface area contributed by atoms with Gasteiger partial charge in [0.25, 0.3) is 0 Å². The smallest absolute Gasteiger partial charge is 0.335 e. The Balaban J connectivity index is 1.77. The van der Waals surface area contributed by atoms with Crippen molar-refractivity contribution in [3.63, 3.8) is 0 Å². The highest BCUT2D eigenvalue weighted by Crippen LogP contribution is 2.49. The van der Waals surface area contributed by atoms with Crippen LogP contribution >= 0.6 is 0 Å². The Kier molecular flexibility index (Phi) is 3.20. The Bertz CT molecular complexity index is 552. The molecular weight excluding hydrogens is 261 g/mol. The van der Waals surface area contributed by atoms with E-state index >= 15 is 0 Å². The highest BCUT2D eigenvalue weighted by atomic mass is 19.1. The van der Waals surface area contributed by atoms with Crippen LogP contribution in [0.3, 0.4) is 0 Å². The first-order chi connectivity index (χ1) is 9.56. The number of rotatable bonds is 5. The van der Waals surface area contributed by atoms with Crippen LogP contribution < -0.4 is 5.32 Å². The van der Waals surface area contributed by atoms with Crippen molar-refractivity contribution in [3.8, 4) is 0 Å². The Morgan fingerprint density at radius 2 is 1.80 bits per heavy atom. The summed E-state index contributed by atoms with van der Waals surface area (Å²) < 4.78 is 13.7. The van der Waals surface area contributed by atoms with Crippen molar-refractivity contribution in [1.29, 1.82) is 0 Å². The fourth-order valence-electron chi connectivity index (χ4n) is 2.69. The molecule has 20 heavy (non-hydrogen) atoms. The number of carboxylic acid groups (broad SMARTS) is 1. The lowest BCUT2D eigenvalue weighted by molar-refractivity contribution is -0.121. The van der Waals surface area contributed by atoms with E-state index in [1.807, 2.05) is 0 Å². The Labute approximate surface area is 116 Å². The normalized spacial score (nSPS) is 18.1. The molecule has 0 radical (unpaired) electrons. The van der Waals surface area contributed by atoms with Crippen molar-refractivity contribution in [2.45, 2.75) is 25.7 Å². The van der Waals surface area contributed by atoms with Crippen molar-refractivity contribution in [2.75, 3.05) is 5.32 Å². The summed E-state index contributed by atoms with van der Waals surface area (Å²) in [6.07, 6.45) is 4.25. The Hall–Kier alpha value is -1.91. The van der Waals surface area contributed by atoms with Gasteiger partial charge in [-0.15, -0.1) is 0 Å². The van der Waals surface area contributed by atoms with Crippen LogP contribution in [0.1, 0.15) is 36.0 Å². The molecule has 4 nitrogen and oxygen atoms in total. The number of aromatic carboxylic acids is 1. The average molecular weight is 277 g/mol. The SMILES string of the molecule is O=C(O)c1ccc(F)c(NC(=O)C(C2CC2)C2CC2)c1. The maximum atomic E-state index is 13.7. The number of carboxylic acids is 1. The molecule has 0 atom stereocenters. The Morgan fingerprint density at radius 3 is 2.30 bits per heavy atom. The van der Waals surface area contributed by atoms with E-state index in [0.717, 1.165) is 31.7 Å². The van der Waals surface area contributed by atoms with Crippen molar-refractivity contribution in [2.24, 2.45) is 17.8 Å². The van der Waals surface area contributed by atoms with E-state index in [2.05, 4.69) is 5.32 Å². The number of anilines is 1. The van der Waals surface area contributed by atoms with Crippen LogP contribution in [-0.4, -0.2) is 17.0 Å². The first-order valence-corrected chi connectivity index (χ1v) is 6.90. The van der Waals surface area contributed by atoms with Crippen molar-refractivity contribution < 1.29 is 19.1 Å². The predicted molar refractivity (Wildman–Crippen MR) is 70.9 cm³/mol. The zero-order valence-electron chi connectivity index (χ0n) is 10.9. The largest absolute Gasteiger partial charge is 0.478 e. The van der Waals surface area contributed by atoms with Gasteiger partial charge in [-0.25, -0.2) is 9.18 Å². The molecule has 2 aliphatic carbocycles. The van der Waals surface area contributed by atoms with Crippen LogP contribution in [0.25, 0.3) is 0 Å². The molecule has 3 rings (SSSR count). The fourth-order valence-corrected chi connectivity index (χ4v) is 2.69. The number of hydrogen-bond acceptors (Lipinski definition) is 2. The molecule has 5 heteroatoms. The maximum Gasteiger partial charge on any atom is 0.335 e. The molecular formula is C15H16FNO3. The van der Waals surface area contributed by atoms with Gasteiger partial charge < -0.3 is 10.4 Å². The number of nitrogens with one attached hydrogen (secondary N) is 1. The zero-order chi connectivity index (χ0) is 14.3. The summed E-state index contributed by atoms with van der Waals surface area (Å²) in [6, 6.07) is 3.43. The molecule has 0 heterocycles. The number of amides is 1. The fraction of sp³-hybridized carbons (Fsp3) is 0.467. The quantitative estimate of drug-likeness (QED) is 0.869. The minimum absolute atomic E-state index is 0.0314. The van der Waals surface area contributed by atoms with E-state index in [1.165, 1.54) is 12.1 Å². The van der Waals surface area contributed by atoms with E-state index in [9.17, 15) is 14.0 Å². The number of halogens is 1.